The lowest BCUT2D eigenvalue weighted by molar-refractivity contribution is -0.385. The Morgan fingerprint density at radius 1 is 1.53 bits per heavy atom. The summed E-state index contributed by atoms with van der Waals surface area (Å²) in [4.78, 5) is 10.1. The number of nitro benzene ring substituents is 1. The summed E-state index contributed by atoms with van der Waals surface area (Å²) < 4.78 is 10.3. The molecule has 0 aliphatic heterocycles. The molecule has 1 aromatic rings. The van der Waals surface area contributed by atoms with E-state index < -0.39 is 11.0 Å². The molecule has 1 atom stereocenters. The number of non-ortho nitro benzene ring substituents is 1. The minimum atomic E-state index is -0.592. The smallest absolute Gasteiger partial charge is 0.273 e. The lowest BCUT2D eigenvalue weighted by Gasteiger charge is -2.13. The number of nitro groups is 1. The van der Waals surface area contributed by atoms with Crippen molar-refractivity contribution in [2.75, 3.05) is 7.11 Å². The van der Waals surface area contributed by atoms with Crippen LogP contribution in [0.15, 0.2) is 18.2 Å². The van der Waals surface area contributed by atoms with Crippen molar-refractivity contribution in [2.45, 2.75) is 19.4 Å². The summed E-state index contributed by atoms with van der Waals surface area (Å²) in [6.07, 6.45) is -0.0678. The van der Waals surface area contributed by atoms with E-state index in [-0.39, 0.29) is 11.4 Å². The van der Waals surface area contributed by atoms with E-state index in [4.69, 9.17) is 14.7 Å². The number of hydrogen-bond donors (Lipinski definition) is 0. The molecule has 0 bridgehead atoms. The molecule has 0 fully saturated rings. The van der Waals surface area contributed by atoms with Gasteiger partial charge in [0.25, 0.3) is 5.69 Å². The van der Waals surface area contributed by atoms with Crippen LogP contribution in [0, 0.1) is 21.4 Å². The van der Waals surface area contributed by atoms with Crippen LogP contribution >= 0.6 is 0 Å². The van der Waals surface area contributed by atoms with Gasteiger partial charge in [0.1, 0.15) is 6.07 Å². The highest BCUT2D eigenvalue weighted by molar-refractivity contribution is 5.48. The topological polar surface area (TPSA) is 85.4 Å². The van der Waals surface area contributed by atoms with Gasteiger partial charge < -0.3 is 9.47 Å². The van der Waals surface area contributed by atoms with Crippen molar-refractivity contribution in [3.63, 3.8) is 0 Å². The summed E-state index contributed by atoms with van der Waals surface area (Å²) in [5.41, 5.74) is -0.0841. The molecule has 0 radical (unpaired) electrons. The minimum absolute atomic E-state index is 0.0841. The van der Waals surface area contributed by atoms with Gasteiger partial charge in [-0.1, -0.05) is 6.92 Å². The fourth-order valence-corrected chi connectivity index (χ4v) is 1.22. The molecule has 90 valence electrons. The third-order valence-electron chi connectivity index (χ3n) is 2.14. The molecule has 0 N–H and O–H groups in total. The van der Waals surface area contributed by atoms with Gasteiger partial charge in [-0.05, 0) is 12.5 Å². The van der Waals surface area contributed by atoms with E-state index >= 15 is 0 Å². The highest BCUT2D eigenvalue weighted by Gasteiger charge is 2.15. The van der Waals surface area contributed by atoms with Crippen molar-refractivity contribution < 1.29 is 14.4 Å². The Hall–Kier alpha value is -2.29. The van der Waals surface area contributed by atoms with E-state index in [0.29, 0.717) is 12.2 Å². The molecule has 0 aliphatic carbocycles. The Morgan fingerprint density at radius 3 is 2.71 bits per heavy atom. The maximum absolute atomic E-state index is 10.6. The maximum Gasteiger partial charge on any atom is 0.273 e. The summed E-state index contributed by atoms with van der Waals surface area (Å²) in [6.45, 7) is 1.81. The van der Waals surface area contributed by atoms with Gasteiger partial charge in [-0.2, -0.15) is 5.26 Å². The first-order valence-electron chi connectivity index (χ1n) is 5.01. The van der Waals surface area contributed by atoms with Gasteiger partial charge in [0.15, 0.2) is 17.6 Å². The van der Waals surface area contributed by atoms with Gasteiger partial charge in [-0.3, -0.25) is 10.1 Å². The number of rotatable bonds is 5. The SMILES string of the molecule is CCC(C#N)Oc1ccc([N+](=O)[O-])cc1OC. The molecule has 1 rings (SSSR count). The molecule has 0 aromatic heterocycles. The molecular weight excluding hydrogens is 224 g/mol. The first kappa shape index (κ1) is 12.8. The van der Waals surface area contributed by atoms with Crippen LogP contribution in [-0.2, 0) is 0 Å². The molecular formula is C11H12N2O4. The first-order chi connectivity index (χ1) is 8.12. The van der Waals surface area contributed by atoms with Crippen molar-refractivity contribution >= 4 is 5.69 Å². The van der Waals surface area contributed by atoms with E-state index in [1.807, 2.05) is 13.0 Å². The van der Waals surface area contributed by atoms with Crippen LogP contribution in [0.5, 0.6) is 11.5 Å². The number of benzene rings is 1. The average molecular weight is 236 g/mol. The molecule has 1 unspecified atom stereocenters. The van der Waals surface area contributed by atoms with Crippen molar-refractivity contribution in [1.82, 2.24) is 0 Å². The van der Waals surface area contributed by atoms with Crippen molar-refractivity contribution in [3.8, 4) is 17.6 Å². The quantitative estimate of drug-likeness (QED) is 0.578. The highest BCUT2D eigenvalue weighted by Crippen LogP contribution is 2.31. The second-order valence-corrected chi connectivity index (χ2v) is 3.24. The summed E-state index contributed by atoms with van der Waals surface area (Å²) >= 11 is 0. The highest BCUT2D eigenvalue weighted by atomic mass is 16.6. The molecule has 0 spiro atoms. The zero-order chi connectivity index (χ0) is 12.8. The van der Waals surface area contributed by atoms with Crippen molar-refractivity contribution in [2.24, 2.45) is 0 Å². The predicted octanol–water partition coefficient (Wildman–Crippen LogP) is 2.28. The molecule has 0 heterocycles. The molecule has 0 saturated heterocycles. The molecule has 0 saturated carbocycles. The first-order valence-corrected chi connectivity index (χ1v) is 5.01. The summed E-state index contributed by atoms with van der Waals surface area (Å²) in [7, 11) is 1.39. The number of ether oxygens (including phenoxy) is 2. The zero-order valence-corrected chi connectivity index (χ0v) is 9.54. The van der Waals surface area contributed by atoms with Gasteiger partial charge in [-0.15, -0.1) is 0 Å². The second-order valence-electron chi connectivity index (χ2n) is 3.24. The average Bonchev–Trinajstić information content (AvgIpc) is 2.35. The van der Waals surface area contributed by atoms with Crippen molar-refractivity contribution in [1.29, 1.82) is 5.26 Å². The van der Waals surface area contributed by atoms with E-state index in [9.17, 15) is 10.1 Å². The van der Waals surface area contributed by atoms with Gasteiger partial charge in [0, 0.05) is 6.07 Å². The molecule has 6 heteroatoms. The molecule has 6 nitrogen and oxygen atoms in total. The van der Waals surface area contributed by atoms with E-state index in [0.717, 1.165) is 0 Å². The standard InChI is InChI=1S/C11H12N2O4/c1-3-9(7-12)17-10-5-4-8(13(14)15)6-11(10)16-2/h4-6,9H,3H2,1-2H3. The van der Waals surface area contributed by atoms with Gasteiger partial charge in [0.05, 0.1) is 18.1 Å². The van der Waals surface area contributed by atoms with Crippen LogP contribution in [0.2, 0.25) is 0 Å². The Bertz CT molecular complexity index is 453. The summed E-state index contributed by atoms with van der Waals surface area (Å²) in [5, 5.41) is 19.3. The number of hydrogen-bond acceptors (Lipinski definition) is 5. The maximum atomic E-state index is 10.6. The van der Waals surface area contributed by atoms with Gasteiger partial charge >= 0.3 is 0 Å². The van der Waals surface area contributed by atoms with Crippen molar-refractivity contribution in [3.05, 3.63) is 28.3 Å². The molecule has 1 aromatic carbocycles. The number of nitrogens with zero attached hydrogens (tertiary/aromatic N) is 2. The summed E-state index contributed by atoms with van der Waals surface area (Å²) in [5.74, 6) is 0.569. The molecule has 17 heavy (non-hydrogen) atoms. The van der Waals surface area contributed by atoms with E-state index in [1.54, 1.807) is 0 Å². The lowest BCUT2D eigenvalue weighted by atomic mass is 10.2. The number of nitriles is 1. The fraction of sp³-hybridized carbons (Fsp3) is 0.364. The molecule has 0 aliphatic rings. The Labute approximate surface area is 98.5 Å². The van der Waals surface area contributed by atoms with Crippen LogP contribution < -0.4 is 9.47 Å². The van der Waals surface area contributed by atoms with Crippen LogP contribution in [0.3, 0.4) is 0 Å². The largest absolute Gasteiger partial charge is 0.493 e. The number of methoxy groups -OCH3 is 1. The Morgan fingerprint density at radius 2 is 2.24 bits per heavy atom. The lowest BCUT2D eigenvalue weighted by Crippen LogP contribution is -2.12. The summed E-state index contributed by atoms with van der Waals surface area (Å²) in [6, 6.07) is 5.98. The second kappa shape index (κ2) is 5.70. The van der Waals surface area contributed by atoms with Crippen LogP contribution in [0.1, 0.15) is 13.3 Å². The van der Waals surface area contributed by atoms with Crippen LogP contribution in [0.25, 0.3) is 0 Å². The molecule has 0 amide bonds. The third-order valence-corrected chi connectivity index (χ3v) is 2.14. The fourth-order valence-electron chi connectivity index (χ4n) is 1.22. The van der Waals surface area contributed by atoms with Gasteiger partial charge in [-0.25, -0.2) is 0 Å². The van der Waals surface area contributed by atoms with E-state index in [1.165, 1.54) is 25.3 Å². The monoisotopic (exact) mass is 236 g/mol. The normalized spacial score (nSPS) is 11.4. The zero-order valence-electron chi connectivity index (χ0n) is 9.54. The third kappa shape index (κ3) is 3.08. The van der Waals surface area contributed by atoms with E-state index in [2.05, 4.69) is 0 Å². The van der Waals surface area contributed by atoms with Crippen LogP contribution in [0.4, 0.5) is 5.69 Å². The Balaban J connectivity index is 3.01. The van der Waals surface area contributed by atoms with Gasteiger partial charge in [0.2, 0.25) is 0 Å². The van der Waals surface area contributed by atoms with Crippen LogP contribution in [-0.4, -0.2) is 18.1 Å². The Kier molecular flexibility index (Phi) is 4.29. The minimum Gasteiger partial charge on any atom is -0.493 e. The predicted molar refractivity (Wildman–Crippen MR) is 60.0 cm³/mol.